The number of ether oxygens (including phenoxy) is 1. The van der Waals surface area contributed by atoms with E-state index in [1.165, 1.54) is 0 Å². The van der Waals surface area contributed by atoms with Gasteiger partial charge < -0.3 is 9.64 Å². The van der Waals surface area contributed by atoms with E-state index in [0.717, 1.165) is 18.4 Å². The van der Waals surface area contributed by atoms with Crippen molar-refractivity contribution < 1.29 is 14.3 Å². The molecule has 4 nitrogen and oxygen atoms in total. The van der Waals surface area contributed by atoms with Crippen LogP contribution in [0.1, 0.15) is 25.3 Å². The van der Waals surface area contributed by atoms with E-state index in [2.05, 4.69) is 0 Å². The van der Waals surface area contributed by atoms with Crippen LogP contribution in [0.25, 0.3) is 0 Å². The minimum absolute atomic E-state index is 0.0120. The second-order valence-corrected chi connectivity index (χ2v) is 5.12. The first-order valence-electron chi connectivity index (χ1n) is 7.34. The van der Waals surface area contributed by atoms with Gasteiger partial charge in [-0.1, -0.05) is 42.5 Å². The van der Waals surface area contributed by atoms with Crippen molar-refractivity contribution in [1.82, 2.24) is 4.90 Å². The van der Waals surface area contributed by atoms with Crippen molar-refractivity contribution in [2.24, 2.45) is 5.92 Å². The molecule has 1 aromatic carbocycles. The molecule has 1 aliphatic carbocycles. The van der Waals surface area contributed by atoms with E-state index >= 15 is 0 Å². The fourth-order valence-electron chi connectivity index (χ4n) is 2.46. The number of hydrogen-bond donors (Lipinski definition) is 0. The van der Waals surface area contributed by atoms with E-state index in [9.17, 15) is 9.59 Å². The Balaban J connectivity index is 2.05. The maximum Gasteiger partial charge on any atom is 0.325 e. The van der Waals surface area contributed by atoms with Crippen molar-refractivity contribution in [3.8, 4) is 0 Å². The summed E-state index contributed by atoms with van der Waals surface area (Å²) in [7, 11) is 0. The second-order valence-electron chi connectivity index (χ2n) is 5.12. The maximum atomic E-state index is 12.6. The molecular weight excluding hydrogens is 266 g/mol. The van der Waals surface area contributed by atoms with Crippen LogP contribution in [-0.4, -0.2) is 29.9 Å². The average molecular weight is 287 g/mol. The Kier molecular flexibility index (Phi) is 5.55. The van der Waals surface area contributed by atoms with Gasteiger partial charge >= 0.3 is 5.97 Å². The van der Waals surface area contributed by atoms with Gasteiger partial charge in [-0.3, -0.25) is 9.59 Å². The number of esters is 1. The molecule has 1 amide bonds. The van der Waals surface area contributed by atoms with Crippen LogP contribution in [0.3, 0.4) is 0 Å². The summed E-state index contributed by atoms with van der Waals surface area (Å²) in [5.74, 6) is -0.368. The third kappa shape index (κ3) is 4.45. The molecule has 0 radical (unpaired) electrons. The molecule has 0 saturated heterocycles. The first-order chi connectivity index (χ1) is 10.2. The Hall–Kier alpha value is -2.10. The fraction of sp³-hybridized carbons (Fsp3) is 0.412. The number of benzene rings is 1. The van der Waals surface area contributed by atoms with Crippen molar-refractivity contribution in [3.05, 3.63) is 48.0 Å². The zero-order chi connectivity index (χ0) is 15.1. The highest BCUT2D eigenvalue weighted by Crippen LogP contribution is 2.21. The normalized spacial score (nSPS) is 14.1. The third-order valence-electron chi connectivity index (χ3n) is 3.51. The maximum absolute atomic E-state index is 12.6. The Labute approximate surface area is 125 Å². The van der Waals surface area contributed by atoms with Gasteiger partial charge in [0, 0.05) is 12.5 Å². The number of carbonyl (C=O) groups excluding carboxylic acids is 2. The summed E-state index contributed by atoms with van der Waals surface area (Å²) < 4.78 is 4.97. The predicted molar refractivity (Wildman–Crippen MR) is 80.4 cm³/mol. The van der Waals surface area contributed by atoms with Crippen molar-refractivity contribution >= 4 is 11.9 Å². The Morgan fingerprint density at radius 3 is 2.48 bits per heavy atom. The summed E-state index contributed by atoms with van der Waals surface area (Å²) in [5, 5.41) is 0. The van der Waals surface area contributed by atoms with Crippen LogP contribution in [-0.2, 0) is 20.9 Å². The summed E-state index contributed by atoms with van der Waals surface area (Å²) >= 11 is 0. The molecule has 0 unspecified atom stereocenters. The monoisotopic (exact) mass is 287 g/mol. The summed E-state index contributed by atoms with van der Waals surface area (Å²) in [4.78, 5) is 25.9. The molecule has 1 aromatic rings. The lowest BCUT2D eigenvalue weighted by Gasteiger charge is -2.25. The van der Waals surface area contributed by atoms with Gasteiger partial charge in [0.25, 0.3) is 0 Å². The lowest BCUT2D eigenvalue weighted by Crippen LogP contribution is -2.39. The SMILES string of the molecule is CCOC(=O)CN(Cc1ccccc1)C(=O)C1CC=CC1. The third-order valence-corrected chi connectivity index (χ3v) is 3.51. The van der Waals surface area contributed by atoms with Crippen LogP contribution in [0.15, 0.2) is 42.5 Å². The zero-order valence-corrected chi connectivity index (χ0v) is 12.3. The summed E-state index contributed by atoms with van der Waals surface area (Å²) in [6.07, 6.45) is 5.56. The van der Waals surface area contributed by atoms with Crippen LogP contribution in [0.5, 0.6) is 0 Å². The first kappa shape index (κ1) is 15.3. The zero-order valence-electron chi connectivity index (χ0n) is 12.3. The molecule has 0 heterocycles. The van der Waals surface area contributed by atoms with Crippen LogP contribution in [0.4, 0.5) is 0 Å². The number of rotatable bonds is 6. The fourth-order valence-corrected chi connectivity index (χ4v) is 2.46. The largest absolute Gasteiger partial charge is 0.465 e. The molecule has 21 heavy (non-hydrogen) atoms. The second kappa shape index (κ2) is 7.62. The van der Waals surface area contributed by atoms with Gasteiger partial charge in [0.15, 0.2) is 0 Å². The molecule has 0 bridgehead atoms. The van der Waals surface area contributed by atoms with Crippen LogP contribution < -0.4 is 0 Å². The molecule has 0 saturated carbocycles. The van der Waals surface area contributed by atoms with Gasteiger partial charge in [-0.15, -0.1) is 0 Å². The molecule has 0 N–H and O–H groups in total. The van der Waals surface area contributed by atoms with Crippen molar-refractivity contribution in [3.63, 3.8) is 0 Å². The Bertz CT molecular complexity index is 502. The number of amides is 1. The van der Waals surface area contributed by atoms with Gasteiger partial charge in [-0.25, -0.2) is 0 Å². The standard InChI is InChI=1S/C17H21NO3/c1-2-21-16(19)13-18(12-14-8-4-3-5-9-14)17(20)15-10-6-7-11-15/h3-9,15H,2,10-13H2,1H3. The van der Waals surface area contributed by atoms with Gasteiger partial charge in [-0.2, -0.15) is 0 Å². The molecule has 0 fully saturated rings. The number of allylic oxidation sites excluding steroid dienone is 2. The van der Waals surface area contributed by atoms with Crippen molar-refractivity contribution in [2.45, 2.75) is 26.3 Å². The molecule has 0 spiro atoms. The number of hydrogen-bond acceptors (Lipinski definition) is 3. The summed E-state index contributed by atoms with van der Waals surface area (Å²) in [5.41, 5.74) is 1.01. The van der Waals surface area contributed by atoms with Crippen LogP contribution in [0, 0.1) is 5.92 Å². The van der Waals surface area contributed by atoms with Gasteiger partial charge in [0.05, 0.1) is 6.61 Å². The highest BCUT2D eigenvalue weighted by atomic mass is 16.5. The molecule has 4 heteroatoms. The highest BCUT2D eigenvalue weighted by Gasteiger charge is 2.26. The van der Waals surface area contributed by atoms with Gasteiger partial charge in [0.2, 0.25) is 5.91 Å². The number of carbonyl (C=O) groups is 2. The van der Waals surface area contributed by atoms with E-state index in [4.69, 9.17) is 4.74 Å². The molecule has 1 aliphatic rings. The van der Waals surface area contributed by atoms with E-state index < -0.39 is 0 Å². The molecule has 112 valence electrons. The topological polar surface area (TPSA) is 46.6 Å². The van der Waals surface area contributed by atoms with E-state index in [-0.39, 0.29) is 24.3 Å². The smallest absolute Gasteiger partial charge is 0.325 e. The molecule has 0 aromatic heterocycles. The van der Waals surface area contributed by atoms with E-state index in [0.29, 0.717) is 13.2 Å². The summed E-state index contributed by atoms with van der Waals surface area (Å²) in [6.45, 7) is 2.55. The lowest BCUT2D eigenvalue weighted by molar-refractivity contribution is -0.150. The Morgan fingerprint density at radius 1 is 1.19 bits per heavy atom. The Morgan fingerprint density at radius 2 is 1.86 bits per heavy atom. The minimum atomic E-state index is -0.354. The highest BCUT2D eigenvalue weighted by molar-refractivity contribution is 5.84. The summed E-state index contributed by atoms with van der Waals surface area (Å²) in [6, 6.07) is 9.71. The van der Waals surface area contributed by atoms with Gasteiger partial charge in [-0.05, 0) is 25.3 Å². The molecule has 2 rings (SSSR count). The quantitative estimate of drug-likeness (QED) is 0.596. The predicted octanol–water partition coefficient (Wildman–Crippen LogP) is 2.54. The van der Waals surface area contributed by atoms with E-state index in [1.54, 1.807) is 11.8 Å². The van der Waals surface area contributed by atoms with E-state index in [1.807, 2.05) is 42.5 Å². The lowest BCUT2D eigenvalue weighted by atomic mass is 10.1. The molecule has 0 atom stereocenters. The molecule has 0 aliphatic heterocycles. The van der Waals surface area contributed by atoms with Crippen LogP contribution in [0.2, 0.25) is 0 Å². The average Bonchev–Trinajstić information content (AvgIpc) is 3.01. The van der Waals surface area contributed by atoms with Crippen molar-refractivity contribution in [2.75, 3.05) is 13.2 Å². The van der Waals surface area contributed by atoms with Crippen LogP contribution >= 0.6 is 0 Å². The first-order valence-corrected chi connectivity index (χ1v) is 7.34. The van der Waals surface area contributed by atoms with Gasteiger partial charge in [0.1, 0.15) is 6.54 Å². The minimum Gasteiger partial charge on any atom is -0.465 e. The van der Waals surface area contributed by atoms with Crippen molar-refractivity contribution in [1.29, 1.82) is 0 Å². The number of nitrogens with zero attached hydrogens (tertiary/aromatic N) is 1. The molecular formula is C17H21NO3.